The van der Waals surface area contributed by atoms with Crippen LogP contribution in [0.15, 0.2) is 36.7 Å². The van der Waals surface area contributed by atoms with Crippen LogP contribution in [-0.2, 0) is 7.05 Å². The van der Waals surface area contributed by atoms with Crippen molar-refractivity contribution in [3.63, 3.8) is 0 Å². The van der Waals surface area contributed by atoms with Crippen molar-refractivity contribution in [1.29, 1.82) is 0 Å². The molecule has 29 heavy (non-hydrogen) atoms. The van der Waals surface area contributed by atoms with Gasteiger partial charge >= 0.3 is 0 Å². The van der Waals surface area contributed by atoms with Gasteiger partial charge in [-0.2, -0.15) is 0 Å². The molecular formula is C24H26FN3O. The predicted molar refractivity (Wildman–Crippen MR) is 116 cm³/mol. The van der Waals surface area contributed by atoms with E-state index in [1.807, 2.05) is 31.4 Å². The molecule has 150 valence electrons. The molecule has 0 bridgehead atoms. The molecule has 3 heterocycles. The monoisotopic (exact) mass is 391 g/mol. The normalized spacial score (nSPS) is 15.6. The molecule has 0 aliphatic carbocycles. The van der Waals surface area contributed by atoms with Crippen LogP contribution in [0.4, 0.5) is 4.39 Å². The van der Waals surface area contributed by atoms with E-state index in [-0.39, 0.29) is 5.82 Å². The number of ether oxygens (including phenoxy) is 1. The fourth-order valence-electron chi connectivity index (χ4n) is 4.82. The molecule has 5 rings (SSSR count). The number of likely N-dealkylation sites (tertiary alicyclic amines) is 1. The molecule has 4 nitrogen and oxygen atoms in total. The molecule has 1 aliphatic heterocycles. The van der Waals surface area contributed by atoms with Crippen LogP contribution in [0.5, 0.6) is 5.75 Å². The van der Waals surface area contributed by atoms with E-state index in [0.29, 0.717) is 17.7 Å². The number of aryl methyl sites for hydroxylation is 2. The van der Waals surface area contributed by atoms with Crippen LogP contribution in [0, 0.1) is 12.7 Å². The summed E-state index contributed by atoms with van der Waals surface area (Å²) >= 11 is 0. The molecule has 1 saturated heterocycles. The highest BCUT2D eigenvalue weighted by Crippen LogP contribution is 2.38. The molecule has 0 unspecified atom stereocenters. The smallest absolute Gasteiger partial charge is 0.175 e. The third kappa shape index (κ3) is 3.04. The largest absolute Gasteiger partial charge is 0.489 e. The fraction of sp³-hybridized carbons (Fsp3) is 0.375. The Balaban J connectivity index is 1.56. The van der Waals surface area contributed by atoms with E-state index in [9.17, 15) is 0 Å². The summed E-state index contributed by atoms with van der Waals surface area (Å²) in [6.07, 6.45) is 7.46. The third-order valence-electron chi connectivity index (χ3n) is 6.33. The van der Waals surface area contributed by atoms with Crippen LogP contribution in [0.25, 0.3) is 32.6 Å². The zero-order valence-electron chi connectivity index (χ0n) is 17.0. The quantitative estimate of drug-likeness (QED) is 0.479. The minimum atomic E-state index is -0.269. The van der Waals surface area contributed by atoms with Gasteiger partial charge in [0.2, 0.25) is 0 Å². The number of piperidine rings is 1. The molecule has 5 heteroatoms. The first-order valence-electron chi connectivity index (χ1n) is 10.4. The Bertz CT molecular complexity index is 1210. The second kappa shape index (κ2) is 7.30. The Morgan fingerprint density at radius 3 is 2.76 bits per heavy atom. The molecule has 0 saturated carbocycles. The van der Waals surface area contributed by atoms with E-state index in [2.05, 4.69) is 21.4 Å². The second-order valence-electron chi connectivity index (χ2n) is 8.08. The molecule has 0 spiro atoms. The van der Waals surface area contributed by atoms with Crippen molar-refractivity contribution >= 4 is 32.6 Å². The van der Waals surface area contributed by atoms with E-state index in [4.69, 9.17) is 4.74 Å². The Kier molecular flexibility index (Phi) is 4.63. The molecule has 4 aromatic rings. The first-order valence-corrected chi connectivity index (χ1v) is 10.4. The van der Waals surface area contributed by atoms with E-state index in [0.717, 1.165) is 52.4 Å². The average Bonchev–Trinajstić information content (AvgIpc) is 3.03. The van der Waals surface area contributed by atoms with Gasteiger partial charge in [-0.05, 0) is 68.1 Å². The lowest BCUT2D eigenvalue weighted by Gasteiger charge is -2.26. The number of nitrogens with zero attached hydrogens (tertiary/aromatic N) is 3. The summed E-state index contributed by atoms with van der Waals surface area (Å²) in [5.41, 5.74) is 3.08. The van der Waals surface area contributed by atoms with Crippen LogP contribution in [0.1, 0.15) is 24.8 Å². The van der Waals surface area contributed by atoms with Gasteiger partial charge in [0, 0.05) is 42.1 Å². The maximum absolute atomic E-state index is 15.5. The van der Waals surface area contributed by atoms with Crippen LogP contribution in [0.3, 0.4) is 0 Å². The number of benzene rings is 2. The Labute approximate surface area is 169 Å². The summed E-state index contributed by atoms with van der Waals surface area (Å²) in [6, 6.07) is 7.81. The second-order valence-corrected chi connectivity index (χ2v) is 8.08. The number of fused-ring (bicyclic) bond motifs is 4. The highest BCUT2D eigenvalue weighted by Gasteiger charge is 2.19. The lowest BCUT2D eigenvalue weighted by molar-refractivity contribution is 0.180. The van der Waals surface area contributed by atoms with Crippen LogP contribution in [0.2, 0.25) is 0 Å². The van der Waals surface area contributed by atoms with Gasteiger partial charge in [0.05, 0.1) is 11.0 Å². The average molecular weight is 391 g/mol. The van der Waals surface area contributed by atoms with Gasteiger partial charge in [-0.25, -0.2) is 4.39 Å². The van der Waals surface area contributed by atoms with Gasteiger partial charge in [0.1, 0.15) is 6.61 Å². The minimum Gasteiger partial charge on any atom is -0.489 e. The summed E-state index contributed by atoms with van der Waals surface area (Å²) in [6.45, 7) is 5.70. The topological polar surface area (TPSA) is 30.3 Å². The zero-order chi connectivity index (χ0) is 20.0. The minimum absolute atomic E-state index is 0.269. The molecular weight excluding hydrogens is 365 g/mol. The summed E-state index contributed by atoms with van der Waals surface area (Å²) in [5.74, 6) is 0.0698. The number of hydrogen-bond acceptors (Lipinski definition) is 3. The van der Waals surface area contributed by atoms with Crippen molar-refractivity contribution in [2.45, 2.75) is 26.2 Å². The van der Waals surface area contributed by atoms with Gasteiger partial charge in [0.25, 0.3) is 0 Å². The summed E-state index contributed by atoms with van der Waals surface area (Å²) in [7, 11) is 2.00. The molecule has 2 aromatic heterocycles. The van der Waals surface area contributed by atoms with Gasteiger partial charge in [0.15, 0.2) is 11.6 Å². The maximum Gasteiger partial charge on any atom is 0.175 e. The molecule has 1 aliphatic rings. The third-order valence-corrected chi connectivity index (χ3v) is 6.33. The van der Waals surface area contributed by atoms with Crippen molar-refractivity contribution in [3.8, 4) is 5.75 Å². The fourth-order valence-corrected chi connectivity index (χ4v) is 4.82. The van der Waals surface area contributed by atoms with Gasteiger partial charge < -0.3 is 9.30 Å². The summed E-state index contributed by atoms with van der Waals surface area (Å²) in [4.78, 5) is 6.65. The maximum atomic E-state index is 15.5. The number of pyridine rings is 1. The molecule has 2 aromatic carbocycles. The number of halogens is 1. The zero-order valence-corrected chi connectivity index (χ0v) is 17.0. The van der Waals surface area contributed by atoms with Crippen molar-refractivity contribution < 1.29 is 9.13 Å². The standard InChI is InChI=1S/C24H26FN3O/c1-16-18-8-9-26-15-17(18)14-19-22-20(27(2)24(16)19)6-7-21(23(22)25)29-13-12-28-10-4-3-5-11-28/h6-9,14-15H,3-5,10-13H2,1-2H3. The van der Waals surface area contributed by atoms with Gasteiger partial charge in [-0.15, -0.1) is 0 Å². The van der Waals surface area contributed by atoms with Crippen LogP contribution < -0.4 is 4.74 Å². The summed E-state index contributed by atoms with van der Waals surface area (Å²) < 4.78 is 23.5. The highest BCUT2D eigenvalue weighted by molar-refractivity contribution is 6.14. The Hall–Kier alpha value is -2.66. The van der Waals surface area contributed by atoms with Crippen LogP contribution >= 0.6 is 0 Å². The lowest BCUT2D eigenvalue weighted by atomic mass is 10.0. The summed E-state index contributed by atoms with van der Waals surface area (Å²) in [5, 5.41) is 3.73. The van der Waals surface area contributed by atoms with Crippen molar-refractivity contribution in [3.05, 3.63) is 48.0 Å². The first-order chi connectivity index (χ1) is 14.1. The first kappa shape index (κ1) is 18.4. The Morgan fingerprint density at radius 2 is 1.93 bits per heavy atom. The molecule has 0 radical (unpaired) electrons. The molecule has 0 amide bonds. The van der Waals surface area contributed by atoms with Crippen molar-refractivity contribution in [2.75, 3.05) is 26.2 Å². The molecule has 1 fully saturated rings. The number of rotatable bonds is 4. The van der Waals surface area contributed by atoms with Crippen LogP contribution in [-0.4, -0.2) is 40.7 Å². The van der Waals surface area contributed by atoms with E-state index >= 15 is 4.39 Å². The van der Waals surface area contributed by atoms with Gasteiger partial charge in [-0.1, -0.05) is 6.42 Å². The number of aromatic nitrogens is 2. The van der Waals surface area contributed by atoms with E-state index < -0.39 is 0 Å². The molecule has 0 N–H and O–H groups in total. The van der Waals surface area contributed by atoms with E-state index in [1.54, 1.807) is 12.3 Å². The predicted octanol–water partition coefficient (Wildman–Crippen LogP) is 5.19. The van der Waals surface area contributed by atoms with E-state index in [1.165, 1.54) is 19.3 Å². The Morgan fingerprint density at radius 1 is 1.10 bits per heavy atom. The number of hydrogen-bond donors (Lipinski definition) is 0. The SMILES string of the molecule is Cc1c2ccncc2cc2c3c(F)c(OCCN4CCCCC4)ccc3n(C)c12. The van der Waals surface area contributed by atoms with Crippen molar-refractivity contribution in [2.24, 2.45) is 7.05 Å². The highest BCUT2D eigenvalue weighted by atomic mass is 19.1. The lowest BCUT2D eigenvalue weighted by Crippen LogP contribution is -2.33. The van der Waals surface area contributed by atoms with Crippen molar-refractivity contribution in [1.82, 2.24) is 14.5 Å². The molecule has 0 atom stereocenters. The van der Waals surface area contributed by atoms with Gasteiger partial charge in [-0.3, -0.25) is 9.88 Å².